The Morgan fingerprint density at radius 3 is 2.89 bits per heavy atom. The standard InChI is InChI=1S/C17H26N2/c1-3-18-17-9-10-19(12-13(17)2)16-8-7-14-5-4-6-15(14)11-16/h7-8,11,13,17-18H,3-6,9-10,12H2,1-2H3. The van der Waals surface area contributed by atoms with Gasteiger partial charge in [-0.1, -0.05) is 19.9 Å². The van der Waals surface area contributed by atoms with E-state index in [0.717, 1.165) is 12.5 Å². The number of rotatable bonds is 3. The third-order valence-corrected chi connectivity index (χ3v) is 4.82. The third kappa shape index (κ3) is 2.64. The normalized spacial score (nSPS) is 26.5. The van der Waals surface area contributed by atoms with Crippen LogP contribution in [0.15, 0.2) is 18.2 Å². The fourth-order valence-electron chi connectivity index (χ4n) is 3.70. The van der Waals surface area contributed by atoms with E-state index in [9.17, 15) is 0 Å². The fraction of sp³-hybridized carbons (Fsp3) is 0.647. The number of anilines is 1. The maximum Gasteiger partial charge on any atom is 0.0369 e. The van der Waals surface area contributed by atoms with Crippen LogP contribution in [0.4, 0.5) is 5.69 Å². The molecule has 2 aliphatic rings. The number of hydrogen-bond donors (Lipinski definition) is 1. The van der Waals surface area contributed by atoms with E-state index in [-0.39, 0.29) is 0 Å². The van der Waals surface area contributed by atoms with Crippen molar-refractivity contribution in [3.05, 3.63) is 29.3 Å². The van der Waals surface area contributed by atoms with Gasteiger partial charge in [0.15, 0.2) is 0 Å². The van der Waals surface area contributed by atoms with E-state index in [0.29, 0.717) is 6.04 Å². The summed E-state index contributed by atoms with van der Waals surface area (Å²) < 4.78 is 0. The molecule has 2 nitrogen and oxygen atoms in total. The number of fused-ring (bicyclic) bond motifs is 1. The van der Waals surface area contributed by atoms with Gasteiger partial charge in [-0.05, 0) is 61.4 Å². The van der Waals surface area contributed by atoms with Crippen LogP contribution in [0.1, 0.15) is 37.8 Å². The minimum Gasteiger partial charge on any atom is -0.371 e. The quantitative estimate of drug-likeness (QED) is 0.896. The molecule has 0 amide bonds. The van der Waals surface area contributed by atoms with E-state index in [1.807, 2.05) is 0 Å². The molecular weight excluding hydrogens is 232 g/mol. The van der Waals surface area contributed by atoms with E-state index < -0.39 is 0 Å². The van der Waals surface area contributed by atoms with Crippen LogP contribution >= 0.6 is 0 Å². The van der Waals surface area contributed by atoms with Gasteiger partial charge in [0.2, 0.25) is 0 Å². The zero-order chi connectivity index (χ0) is 13.2. The first-order chi connectivity index (χ1) is 9.28. The van der Waals surface area contributed by atoms with Crippen molar-refractivity contribution >= 4 is 5.69 Å². The second-order valence-corrected chi connectivity index (χ2v) is 6.18. The number of nitrogens with one attached hydrogen (secondary N) is 1. The van der Waals surface area contributed by atoms with Gasteiger partial charge in [-0.2, -0.15) is 0 Å². The molecule has 1 aromatic rings. The molecule has 1 heterocycles. The first kappa shape index (κ1) is 13.0. The number of nitrogens with zero attached hydrogens (tertiary/aromatic N) is 1. The van der Waals surface area contributed by atoms with Gasteiger partial charge < -0.3 is 10.2 Å². The van der Waals surface area contributed by atoms with E-state index in [1.165, 1.54) is 44.5 Å². The highest BCUT2D eigenvalue weighted by molar-refractivity contribution is 5.52. The Morgan fingerprint density at radius 1 is 1.26 bits per heavy atom. The maximum absolute atomic E-state index is 3.62. The van der Waals surface area contributed by atoms with Crippen LogP contribution in [-0.2, 0) is 12.8 Å². The molecule has 0 aromatic heterocycles. The van der Waals surface area contributed by atoms with Crippen molar-refractivity contribution < 1.29 is 0 Å². The van der Waals surface area contributed by atoms with Crippen LogP contribution in [-0.4, -0.2) is 25.7 Å². The summed E-state index contributed by atoms with van der Waals surface area (Å²) in [7, 11) is 0. The van der Waals surface area contributed by atoms with E-state index in [4.69, 9.17) is 0 Å². The average Bonchev–Trinajstić information content (AvgIpc) is 2.88. The zero-order valence-corrected chi connectivity index (χ0v) is 12.3. The Balaban J connectivity index is 1.70. The monoisotopic (exact) mass is 258 g/mol. The molecule has 1 aromatic carbocycles. The Hall–Kier alpha value is -1.02. The molecule has 1 fully saturated rings. The first-order valence-corrected chi connectivity index (χ1v) is 7.88. The largest absolute Gasteiger partial charge is 0.371 e. The molecule has 0 bridgehead atoms. The van der Waals surface area contributed by atoms with E-state index in [1.54, 1.807) is 11.1 Å². The number of benzene rings is 1. The molecule has 2 heteroatoms. The second-order valence-electron chi connectivity index (χ2n) is 6.18. The van der Waals surface area contributed by atoms with Gasteiger partial charge in [-0.25, -0.2) is 0 Å². The third-order valence-electron chi connectivity index (χ3n) is 4.82. The van der Waals surface area contributed by atoms with Crippen molar-refractivity contribution in [3.8, 4) is 0 Å². The number of hydrogen-bond acceptors (Lipinski definition) is 2. The maximum atomic E-state index is 3.62. The lowest BCUT2D eigenvalue weighted by Gasteiger charge is -2.38. The van der Waals surface area contributed by atoms with Crippen molar-refractivity contribution in [3.63, 3.8) is 0 Å². The van der Waals surface area contributed by atoms with Crippen molar-refractivity contribution in [2.24, 2.45) is 5.92 Å². The lowest BCUT2D eigenvalue weighted by atomic mass is 9.93. The molecule has 19 heavy (non-hydrogen) atoms. The molecule has 0 radical (unpaired) electrons. The predicted molar refractivity (Wildman–Crippen MR) is 81.9 cm³/mol. The molecule has 0 saturated carbocycles. The summed E-state index contributed by atoms with van der Waals surface area (Å²) in [6, 6.07) is 7.85. The van der Waals surface area contributed by atoms with E-state index in [2.05, 4.69) is 42.3 Å². The minimum atomic E-state index is 0.704. The van der Waals surface area contributed by atoms with Gasteiger partial charge >= 0.3 is 0 Å². The van der Waals surface area contributed by atoms with Crippen molar-refractivity contribution in [1.82, 2.24) is 5.32 Å². The van der Waals surface area contributed by atoms with Gasteiger partial charge in [0, 0.05) is 24.8 Å². The highest BCUT2D eigenvalue weighted by Crippen LogP contribution is 2.29. The highest BCUT2D eigenvalue weighted by atomic mass is 15.2. The van der Waals surface area contributed by atoms with Crippen LogP contribution < -0.4 is 10.2 Å². The molecule has 1 aliphatic carbocycles. The first-order valence-electron chi connectivity index (χ1n) is 7.88. The molecule has 0 spiro atoms. The van der Waals surface area contributed by atoms with Gasteiger partial charge in [-0.15, -0.1) is 0 Å². The van der Waals surface area contributed by atoms with Crippen LogP contribution in [0.5, 0.6) is 0 Å². The van der Waals surface area contributed by atoms with E-state index >= 15 is 0 Å². The summed E-state index contributed by atoms with van der Waals surface area (Å²) in [5, 5.41) is 3.62. The van der Waals surface area contributed by atoms with Crippen molar-refractivity contribution in [2.45, 2.75) is 45.6 Å². The van der Waals surface area contributed by atoms with Crippen molar-refractivity contribution in [1.29, 1.82) is 0 Å². The van der Waals surface area contributed by atoms with Crippen molar-refractivity contribution in [2.75, 3.05) is 24.5 Å². The zero-order valence-electron chi connectivity index (χ0n) is 12.3. The molecule has 1 N–H and O–H groups in total. The minimum absolute atomic E-state index is 0.704. The molecule has 1 aliphatic heterocycles. The average molecular weight is 258 g/mol. The Labute approximate surface area is 117 Å². The van der Waals surface area contributed by atoms with Gasteiger partial charge in [0.05, 0.1) is 0 Å². The van der Waals surface area contributed by atoms with Crippen LogP contribution in [0.25, 0.3) is 0 Å². The topological polar surface area (TPSA) is 15.3 Å². The summed E-state index contributed by atoms with van der Waals surface area (Å²) in [6.07, 6.45) is 5.19. The Kier molecular flexibility index (Phi) is 3.79. The lowest BCUT2D eigenvalue weighted by Crippen LogP contribution is -2.48. The predicted octanol–water partition coefficient (Wildman–Crippen LogP) is 3.00. The summed E-state index contributed by atoms with van der Waals surface area (Å²) in [6.45, 7) is 8.07. The molecule has 2 atom stereocenters. The summed E-state index contributed by atoms with van der Waals surface area (Å²) >= 11 is 0. The molecule has 104 valence electrons. The fourth-order valence-corrected chi connectivity index (χ4v) is 3.70. The molecular formula is C17H26N2. The highest BCUT2D eigenvalue weighted by Gasteiger charge is 2.25. The Bertz CT molecular complexity index is 441. The van der Waals surface area contributed by atoms with Gasteiger partial charge in [0.1, 0.15) is 0 Å². The van der Waals surface area contributed by atoms with Crippen LogP contribution in [0.2, 0.25) is 0 Å². The summed E-state index contributed by atoms with van der Waals surface area (Å²) in [5.74, 6) is 0.738. The Morgan fingerprint density at radius 2 is 2.11 bits per heavy atom. The van der Waals surface area contributed by atoms with Crippen LogP contribution in [0.3, 0.4) is 0 Å². The SMILES string of the molecule is CCNC1CCN(c2ccc3c(c2)CCC3)CC1C. The van der Waals surface area contributed by atoms with Gasteiger partial charge in [0.25, 0.3) is 0 Å². The van der Waals surface area contributed by atoms with Crippen LogP contribution in [0, 0.1) is 5.92 Å². The molecule has 2 unspecified atom stereocenters. The number of piperidine rings is 1. The molecule has 1 saturated heterocycles. The second kappa shape index (κ2) is 5.54. The lowest BCUT2D eigenvalue weighted by molar-refractivity contribution is 0.327. The molecule has 3 rings (SSSR count). The number of aryl methyl sites for hydroxylation is 2. The summed E-state index contributed by atoms with van der Waals surface area (Å²) in [5.41, 5.74) is 4.63. The van der Waals surface area contributed by atoms with Gasteiger partial charge in [-0.3, -0.25) is 0 Å². The summed E-state index contributed by atoms with van der Waals surface area (Å²) in [4.78, 5) is 2.58. The smallest absolute Gasteiger partial charge is 0.0369 e.